The molecule has 3 N–H and O–H groups in total. The molecule has 0 saturated heterocycles. The Morgan fingerprint density at radius 2 is 1.94 bits per heavy atom. The Morgan fingerprint density at radius 3 is 2.53 bits per heavy atom. The van der Waals surface area contributed by atoms with Crippen molar-refractivity contribution in [2.45, 2.75) is 70.6 Å². The minimum absolute atomic E-state index is 0.00384. The van der Waals surface area contributed by atoms with Crippen molar-refractivity contribution in [1.29, 1.82) is 0 Å². The van der Waals surface area contributed by atoms with Crippen molar-refractivity contribution >= 4 is 17.9 Å². The molecule has 1 aromatic rings. The molecule has 0 aromatic heterocycles. The monoisotopic (exact) mass is 445 g/mol. The quantitative estimate of drug-likeness (QED) is 0.532. The smallest absolute Gasteiger partial charge is 0.408 e. The van der Waals surface area contributed by atoms with E-state index in [1.54, 1.807) is 32.9 Å². The lowest BCUT2D eigenvalue weighted by Crippen LogP contribution is -2.49. The largest absolute Gasteiger partial charge is 0.508 e. The number of rotatable bonds is 8. The van der Waals surface area contributed by atoms with Crippen molar-refractivity contribution in [3.05, 3.63) is 42.5 Å². The fraction of sp³-hybridized carbons (Fsp3) is 0.542. The molecule has 0 radical (unpaired) electrons. The standard InChI is InChI=1S/C24H35N3O5/c1-5-14-27(20(29)16-25-23(31)32-24(2,3)4)21(17-10-9-13-19(28)15-17)22(30)26-18-11-7-6-8-12-18/h5,9-10,13,15,18,21,28H,1,6-8,11-12,14,16H2,2-4H3,(H,25,31)(H,26,30). The summed E-state index contributed by atoms with van der Waals surface area (Å²) in [5.74, 6) is -0.797. The van der Waals surface area contributed by atoms with Gasteiger partial charge in [-0.15, -0.1) is 6.58 Å². The number of carbonyl (C=O) groups excluding carboxylic acids is 3. The summed E-state index contributed by atoms with van der Waals surface area (Å²) in [4.78, 5) is 39.7. The van der Waals surface area contributed by atoms with E-state index < -0.39 is 23.6 Å². The van der Waals surface area contributed by atoms with E-state index in [2.05, 4.69) is 17.2 Å². The number of alkyl carbamates (subject to hydrolysis) is 1. The van der Waals surface area contributed by atoms with Crippen molar-refractivity contribution < 1.29 is 24.2 Å². The molecule has 3 amide bonds. The highest BCUT2D eigenvalue weighted by atomic mass is 16.6. The van der Waals surface area contributed by atoms with Crippen LogP contribution in [0.5, 0.6) is 5.75 Å². The third-order valence-electron chi connectivity index (χ3n) is 5.13. The average Bonchev–Trinajstić information content (AvgIpc) is 2.71. The lowest BCUT2D eigenvalue weighted by molar-refractivity contribution is -0.140. The topological polar surface area (TPSA) is 108 Å². The van der Waals surface area contributed by atoms with Gasteiger partial charge in [0, 0.05) is 12.6 Å². The van der Waals surface area contributed by atoms with Crippen LogP contribution >= 0.6 is 0 Å². The molecule has 1 atom stereocenters. The summed E-state index contributed by atoms with van der Waals surface area (Å²) in [6.07, 6.45) is 5.86. The molecule has 176 valence electrons. The van der Waals surface area contributed by atoms with Gasteiger partial charge in [0.15, 0.2) is 0 Å². The zero-order valence-electron chi connectivity index (χ0n) is 19.2. The van der Waals surface area contributed by atoms with E-state index in [-0.39, 0.29) is 30.8 Å². The summed E-state index contributed by atoms with van der Waals surface area (Å²) in [7, 11) is 0. The fourth-order valence-electron chi connectivity index (χ4n) is 3.75. The zero-order chi connectivity index (χ0) is 23.7. The summed E-state index contributed by atoms with van der Waals surface area (Å²) < 4.78 is 5.18. The summed E-state index contributed by atoms with van der Waals surface area (Å²) in [6, 6.07) is 5.36. The number of amides is 3. The second kappa shape index (κ2) is 11.5. The zero-order valence-corrected chi connectivity index (χ0v) is 19.2. The van der Waals surface area contributed by atoms with Gasteiger partial charge in [-0.25, -0.2) is 4.79 Å². The van der Waals surface area contributed by atoms with Gasteiger partial charge < -0.3 is 25.4 Å². The molecule has 1 unspecified atom stereocenters. The van der Waals surface area contributed by atoms with Crippen LogP contribution in [-0.2, 0) is 14.3 Å². The first-order chi connectivity index (χ1) is 15.1. The van der Waals surface area contributed by atoms with E-state index in [0.717, 1.165) is 32.1 Å². The number of aromatic hydroxyl groups is 1. The molecule has 8 heteroatoms. The molecule has 1 aliphatic rings. The number of carbonyl (C=O) groups is 3. The molecule has 0 heterocycles. The van der Waals surface area contributed by atoms with Crippen LogP contribution in [0.3, 0.4) is 0 Å². The molecule has 1 aliphatic carbocycles. The van der Waals surface area contributed by atoms with Gasteiger partial charge in [-0.2, -0.15) is 0 Å². The molecule has 0 spiro atoms. The third kappa shape index (κ3) is 7.90. The van der Waals surface area contributed by atoms with Crippen LogP contribution in [0.25, 0.3) is 0 Å². The van der Waals surface area contributed by atoms with E-state index >= 15 is 0 Å². The summed E-state index contributed by atoms with van der Waals surface area (Å²) in [5.41, 5.74) is -0.219. The minimum atomic E-state index is -0.977. The van der Waals surface area contributed by atoms with E-state index in [1.807, 2.05) is 0 Å². The van der Waals surface area contributed by atoms with E-state index in [1.165, 1.54) is 23.1 Å². The van der Waals surface area contributed by atoms with Gasteiger partial charge in [-0.1, -0.05) is 37.5 Å². The molecule has 32 heavy (non-hydrogen) atoms. The number of hydrogen-bond donors (Lipinski definition) is 3. The minimum Gasteiger partial charge on any atom is -0.508 e. The Kier molecular flexibility index (Phi) is 9.11. The molecule has 0 aliphatic heterocycles. The first kappa shape index (κ1) is 25.2. The Bertz CT molecular complexity index is 812. The third-order valence-corrected chi connectivity index (χ3v) is 5.13. The number of hydrogen-bond acceptors (Lipinski definition) is 5. The van der Waals surface area contributed by atoms with Crippen LogP contribution in [0.15, 0.2) is 36.9 Å². The van der Waals surface area contributed by atoms with Crippen molar-refractivity contribution in [3.63, 3.8) is 0 Å². The van der Waals surface area contributed by atoms with E-state index in [4.69, 9.17) is 4.74 Å². The van der Waals surface area contributed by atoms with Gasteiger partial charge in [0.2, 0.25) is 11.8 Å². The van der Waals surface area contributed by atoms with Gasteiger partial charge >= 0.3 is 6.09 Å². The molecule has 8 nitrogen and oxygen atoms in total. The van der Waals surface area contributed by atoms with Crippen molar-refractivity contribution in [2.75, 3.05) is 13.1 Å². The van der Waals surface area contributed by atoms with Crippen molar-refractivity contribution in [2.24, 2.45) is 0 Å². The number of ether oxygens (including phenoxy) is 1. The van der Waals surface area contributed by atoms with Crippen LogP contribution in [0.2, 0.25) is 0 Å². The van der Waals surface area contributed by atoms with Gasteiger partial charge in [-0.3, -0.25) is 9.59 Å². The first-order valence-electron chi connectivity index (χ1n) is 11.1. The SMILES string of the molecule is C=CCN(C(=O)CNC(=O)OC(C)(C)C)C(C(=O)NC1CCCCC1)c1cccc(O)c1. The molecular formula is C24H35N3O5. The molecule has 1 saturated carbocycles. The first-order valence-corrected chi connectivity index (χ1v) is 11.1. The predicted molar refractivity (Wildman–Crippen MR) is 122 cm³/mol. The highest BCUT2D eigenvalue weighted by Crippen LogP contribution is 2.26. The number of phenolic OH excluding ortho intramolecular Hbond substituents is 1. The van der Waals surface area contributed by atoms with E-state index in [0.29, 0.717) is 5.56 Å². The number of nitrogens with zero attached hydrogens (tertiary/aromatic N) is 1. The van der Waals surface area contributed by atoms with Crippen LogP contribution < -0.4 is 10.6 Å². The van der Waals surface area contributed by atoms with Gasteiger partial charge in [-0.05, 0) is 51.3 Å². The predicted octanol–water partition coefficient (Wildman–Crippen LogP) is 3.42. The summed E-state index contributed by atoms with van der Waals surface area (Å²) in [5, 5.41) is 15.5. The van der Waals surface area contributed by atoms with E-state index in [9.17, 15) is 19.5 Å². The number of benzene rings is 1. The lowest BCUT2D eigenvalue weighted by Gasteiger charge is -2.33. The summed E-state index contributed by atoms with van der Waals surface area (Å²) in [6.45, 7) is 8.64. The average molecular weight is 446 g/mol. The Morgan fingerprint density at radius 1 is 1.25 bits per heavy atom. The molecular weight excluding hydrogens is 410 g/mol. The van der Waals surface area contributed by atoms with Crippen molar-refractivity contribution in [1.82, 2.24) is 15.5 Å². The van der Waals surface area contributed by atoms with Crippen LogP contribution in [0.4, 0.5) is 4.79 Å². The summed E-state index contributed by atoms with van der Waals surface area (Å²) >= 11 is 0. The Labute approximate surface area is 190 Å². The lowest BCUT2D eigenvalue weighted by atomic mass is 9.94. The maximum absolute atomic E-state index is 13.3. The van der Waals surface area contributed by atoms with Gasteiger partial charge in [0.1, 0.15) is 23.9 Å². The maximum Gasteiger partial charge on any atom is 0.408 e. The molecule has 0 bridgehead atoms. The highest BCUT2D eigenvalue weighted by molar-refractivity contribution is 5.90. The second-order valence-electron chi connectivity index (χ2n) is 9.03. The molecule has 2 rings (SSSR count). The van der Waals surface area contributed by atoms with Gasteiger partial charge in [0.25, 0.3) is 0 Å². The normalized spacial score (nSPS) is 15.3. The Hall–Kier alpha value is -3.03. The molecule has 1 fully saturated rings. The fourth-order valence-corrected chi connectivity index (χ4v) is 3.75. The number of nitrogens with one attached hydrogen (secondary N) is 2. The molecule has 1 aromatic carbocycles. The Balaban J connectivity index is 2.23. The van der Waals surface area contributed by atoms with Crippen molar-refractivity contribution in [3.8, 4) is 5.75 Å². The van der Waals surface area contributed by atoms with Crippen LogP contribution in [0.1, 0.15) is 64.5 Å². The number of phenols is 1. The highest BCUT2D eigenvalue weighted by Gasteiger charge is 2.32. The van der Waals surface area contributed by atoms with Crippen LogP contribution in [0, 0.1) is 0 Å². The van der Waals surface area contributed by atoms with Gasteiger partial charge in [0.05, 0.1) is 0 Å². The van der Waals surface area contributed by atoms with Crippen LogP contribution in [-0.4, -0.2) is 52.6 Å². The maximum atomic E-state index is 13.3. The second-order valence-corrected chi connectivity index (χ2v) is 9.03.